The van der Waals surface area contributed by atoms with E-state index in [9.17, 15) is 13.2 Å². The molecule has 1 fully saturated rings. The topological polar surface area (TPSA) is 63.7 Å². The summed E-state index contributed by atoms with van der Waals surface area (Å²) in [5.41, 5.74) is 1.97. The predicted molar refractivity (Wildman–Crippen MR) is 104 cm³/mol. The van der Waals surface area contributed by atoms with Gasteiger partial charge in [-0.2, -0.15) is 4.31 Å². The summed E-state index contributed by atoms with van der Waals surface area (Å²) >= 11 is 0. The zero-order valence-corrected chi connectivity index (χ0v) is 16.5. The highest BCUT2D eigenvalue weighted by Crippen LogP contribution is 2.39. The molecular weight excluding hydrogens is 362 g/mol. The first-order chi connectivity index (χ1) is 12.9. The minimum Gasteiger partial charge on any atom is -0.469 e. The van der Waals surface area contributed by atoms with E-state index in [1.807, 2.05) is 49.4 Å². The van der Waals surface area contributed by atoms with E-state index in [4.69, 9.17) is 4.74 Å². The third-order valence-electron chi connectivity index (χ3n) is 5.16. The standard InChI is InChI=1S/C21H25NO4S/c1-16-8-10-19(11-9-16)27(24,25)22-13-12-17(15-21(23)26-2)14-20(22)18-6-4-3-5-7-18/h3-11,17,20H,12-15H2,1-2H3/t17-,20-/m1/s1. The van der Waals surface area contributed by atoms with Crippen molar-refractivity contribution in [3.05, 3.63) is 65.7 Å². The molecule has 1 aliphatic heterocycles. The molecule has 1 aliphatic rings. The first-order valence-electron chi connectivity index (χ1n) is 9.12. The van der Waals surface area contributed by atoms with E-state index in [0.29, 0.717) is 30.7 Å². The van der Waals surface area contributed by atoms with Gasteiger partial charge in [0.1, 0.15) is 0 Å². The van der Waals surface area contributed by atoms with Crippen molar-refractivity contribution in [3.8, 4) is 0 Å². The molecule has 144 valence electrons. The van der Waals surface area contributed by atoms with E-state index in [2.05, 4.69) is 0 Å². The van der Waals surface area contributed by atoms with Crippen molar-refractivity contribution in [1.82, 2.24) is 4.31 Å². The first kappa shape index (κ1) is 19.6. The number of methoxy groups -OCH3 is 1. The number of aryl methyl sites for hydroxylation is 1. The van der Waals surface area contributed by atoms with E-state index >= 15 is 0 Å². The third kappa shape index (κ3) is 4.39. The van der Waals surface area contributed by atoms with Crippen LogP contribution >= 0.6 is 0 Å². The number of piperidine rings is 1. The lowest BCUT2D eigenvalue weighted by molar-refractivity contribution is -0.142. The van der Waals surface area contributed by atoms with Crippen molar-refractivity contribution in [2.24, 2.45) is 5.92 Å². The van der Waals surface area contributed by atoms with Gasteiger partial charge in [-0.3, -0.25) is 4.79 Å². The quantitative estimate of drug-likeness (QED) is 0.734. The van der Waals surface area contributed by atoms with Crippen LogP contribution in [0.5, 0.6) is 0 Å². The molecule has 0 radical (unpaired) electrons. The fraction of sp³-hybridized carbons (Fsp3) is 0.381. The summed E-state index contributed by atoms with van der Waals surface area (Å²) in [6.07, 6.45) is 1.56. The molecule has 0 saturated carbocycles. The number of ether oxygens (including phenoxy) is 1. The third-order valence-corrected chi connectivity index (χ3v) is 7.08. The Morgan fingerprint density at radius 2 is 1.78 bits per heavy atom. The maximum Gasteiger partial charge on any atom is 0.305 e. The lowest BCUT2D eigenvalue weighted by atomic mass is 9.87. The molecule has 5 nitrogen and oxygen atoms in total. The lowest BCUT2D eigenvalue weighted by Crippen LogP contribution is -2.41. The summed E-state index contributed by atoms with van der Waals surface area (Å²) in [5, 5.41) is 0. The zero-order chi connectivity index (χ0) is 19.4. The summed E-state index contributed by atoms with van der Waals surface area (Å²) < 4.78 is 33.0. The first-order valence-corrected chi connectivity index (χ1v) is 10.6. The number of esters is 1. The second kappa shape index (κ2) is 8.23. The summed E-state index contributed by atoms with van der Waals surface area (Å²) in [6, 6.07) is 16.3. The maximum atomic E-state index is 13.3. The Bertz CT molecular complexity index is 878. The Hall–Kier alpha value is -2.18. The van der Waals surface area contributed by atoms with Crippen LogP contribution in [0.3, 0.4) is 0 Å². The number of nitrogens with zero attached hydrogens (tertiary/aromatic N) is 1. The predicted octanol–water partition coefficient (Wildman–Crippen LogP) is 3.70. The van der Waals surface area contributed by atoms with Gasteiger partial charge in [-0.05, 0) is 43.4 Å². The normalized spacial score (nSPS) is 21.0. The highest BCUT2D eigenvalue weighted by Gasteiger charge is 2.38. The largest absolute Gasteiger partial charge is 0.469 e. The molecular formula is C21H25NO4S. The summed E-state index contributed by atoms with van der Waals surface area (Å²) in [7, 11) is -2.23. The van der Waals surface area contributed by atoms with Gasteiger partial charge in [0.25, 0.3) is 0 Å². The molecule has 0 spiro atoms. The van der Waals surface area contributed by atoms with Crippen LogP contribution in [0.2, 0.25) is 0 Å². The smallest absolute Gasteiger partial charge is 0.305 e. The van der Waals surface area contributed by atoms with Crippen molar-refractivity contribution in [2.45, 2.75) is 37.1 Å². The fourth-order valence-corrected chi connectivity index (χ4v) is 5.27. The average Bonchev–Trinajstić information content (AvgIpc) is 2.68. The van der Waals surface area contributed by atoms with Crippen molar-refractivity contribution < 1.29 is 17.9 Å². The van der Waals surface area contributed by atoms with Gasteiger partial charge in [-0.25, -0.2) is 8.42 Å². The SMILES string of the molecule is COC(=O)C[C@@H]1CCN(S(=O)(=O)c2ccc(C)cc2)[C@@H](c2ccccc2)C1. The Morgan fingerprint density at radius 1 is 1.11 bits per heavy atom. The van der Waals surface area contributed by atoms with Gasteiger partial charge in [0, 0.05) is 13.0 Å². The molecule has 0 amide bonds. The molecule has 1 heterocycles. The molecule has 6 heteroatoms. The second-order valence-electron chi connectivity index (χ2n) is 7.03. The van der Waals surface area contributed by atoms with Crippen LogP contribution in [-0.2, 0) is 19.6 Å². The number of carbonyl (C=O) groups is 1. The van der Waals surface area contributed by atoms with Crippen LogP contribution in [0, 0.1) is 12.8 Å². The van der Waals surface area contributed by atoms with Crippen LogP contribution in [0.25, 0.3) is 0 Å². The minimum atomic E-state index is -3.62. The van der Waals surface area contributed by atoms with Crippen LogP contribution in [0.4, 0.5) is 0 Å². The highest BCUT2D eigenvalue weighted by atomic mass is 32.2. The summed E-state index contributed by atoms with van der Waals surface area (Å²) in [4.78, 5) is 12.0. The van der Waals surface area contributed by atoms with Gasteiger partial charge in [0.05, 0.1) is 18.0 Å². The van der Waals surface area contributed by atoms with E-state index in [-0.39, 0.29) is 17.9 Å². The second-order valence-corrected chi connectivity index (χ2v) is 8.92. The molecule has 3 rings (SSSR count). The van der Waals surface area contributed by atoms with Crippen molar-refractivity contribution >= 4 is 16.0 Å². The summed E-state index contributed by atoms with van der Waals surface area (Å²) in [6.45, 7) is 2.32. The van der Waals surface area contributed by atoms with Gasteiger partial charge in [-0.15, -0.1) is 0 Å². The summed E-state index contributed by atoms with van der Waals surface area (Å²) in [5.74, 6) is -0.145. The molecule has 0 aromatic heterocycles. The number of rotatable bonds is 5. The fourth-order valence-electron chi connectivity index (χ4n) is 3.63. The van der Waals surface area contributed by atoms with Crippen LogP contribution in [0.15, 0.2) is 59.5 Å². The molecule has 0 N–H and O–H groups in total. The van der Waals surface area contributed by atoms with Gasteiger partial charge in [0.15, 0.2) is 0 Å². The number of hydrogen-bond acceptors (Lipinski definition) is 4. The average molecular weight is 388 g/mol. The zero-order valence-electron chi connectivity index (χ0n) is 15.7. The number of sulfonamides is 1. The van der Waals surface area contributed by atoms with Crippen molar-refractivity contribution in [2.75, 3.05) is 13.7 Å². The van der Waals surface area contributed by atoms with Gasteiger partial charge < -0.3 is 4.74 Å². The molecule has 1 saturated heterocycles. The van der Waals surface area contributed by atoms with Gasteiger partial charge in [0.2, 0.25) is 10.0 Å². The monoisotopic (exact) mass is 387 g/mol. The molecule has 27 heavy (non-hydrogen) atoms. The number of carbonyl (C=O) groups excluding carboxylic acids is 1. The van der Waals surface area contributed by atoms with Gasteiger partial charge in [-0.1, -0.05) is 48.0 Å². The van der Waals surface area contributed by atoms with Crippen molar-refractivity contribution in [1.29, 1.82) is 0 Å². The molecule has 2 atom stereocenters. The van der Waals surface area contributed by atoms with Crippen LogP contribution < -0.4 is 0 Å². The highest BCUT2D eigenvalue weighted by molar-refractivity contribution is 7.89. The molecule has 0 aliphatic carbocycles. The lowest BCUT2D eigenvalue weighted by Gasteiger charge is -2.38. The Labute approximate surface area is 161 Å². The Balaban J connectivity index is 1.93. The molecule has 0 unspecified atom stereocenters. The van der Waals surface area contributed by atoms with E-state index in [1.54, 1.807) is 16.4 Å². The molecule has 2 aromatic rings. The van der Waals surface area contributed by atoms with E-state index in [1.165, 1.54) is 7.11 Å². The van der Waals surface area contributed by atoms with Crippen molar-refractivity contribution in [3.63, 3.8) is 0 Å². The van der Waals surface area contributed by atoms with E-state index in [0.717, 1.165) is 11.1 Å². The Morgan fingerprint density at radius 3 is 2.41 bits per heavy atom. The molecule has 2 aromatic carbocycles. The Kier molecular flexibility index (Phi) is 5.97. The molecule has 0 bridgehead atoms. The minimum absolute atomic E-state index is 0.104. The number of benzene rings is 2. The van der Waals surface area contributed by atoms with E-state index < -0.39 is 10.0 Å². The number of hydrogen-bond donors (Lipinski definition) is 0. The maximum absolute atomic E-state index is 13.3. The van der Waals surface area contributed by atoms with Gasteiger partial charge >= 0.3 is 5.97 Å². The van der Waals surface area contributed by atoms with Crippen LogP contribution in [-0.4, -0.2) is 32.3 Å². The van der Waals surface area contributed by atoms with Crippen LogP contribution in [0.1, 0.15) is 36.4 Å².